The molecular weight excluding hydrogens is 334 g/mol. The van der Waals surface area contributed by atoms with Crippen molar-refractivity contribution in [2.75, 3.05) is 19.4 Å². The number of nitrogens with one attached hydrogen (secondary N) is 1. The van der Waals surface area contributed by atoms with Gasteiger partial charge in [-0.05, 0) is 37.1 Å². The molecule has 0 saturated heterocycles. The lowest BCUT2D eigenvalue weighted by atomic mass is 10.2. The molecule has 8 heteroatoms. The van der Waals surface area contributed by atoms with Gasteiger partial charge in [-0.15, -0.1) is 0 Å². The molecule has 1 aromatic carbocycles. The van der Waals surface area contributed by atoms with Crippen LogP contribution in [0.2, 0.25) is 0 Å². The van der Waals surface area contributed by atoms with Crippen LogP contribution in [-0.2, 0) is 24.3 Å². The first kappa shape index (κ1) is 17.9. The van der Waals surface area contributed by atoms with E-state index in [0.29, 0.717) is 17.8 Å². The van der Waals surface area contributed by atoms with Gasteiger partial charge in [0.15, 0.2) is 0 Å². The second kappa shape index (κ2) is 7.55. The average Bonchev–Trinajstić information content (AvgIpc) is 2.78. The lowest BCUT2D eigenvalue weighted by Crippen LogP contribution is -2.30. The Kier molecular flexibility index (Phi) is 5.20. The van der Waals surface area contributed by atoms with Gasteiger partial charge in [-0.1, -0.05) is 6.42 Å². The maximum Gasteiger partial charge on any atom is 0.346 e. The Morgan fingerprint density at radius 2 is 1.88 bits per heavy atom. The van der Waals surface area contributed by atoms with Crippen LogP contribution >= 0.6 is 0 Å². The Labute approximate surface area is 151 Å². The van der Waals surface area contributed by atoms with Gasteiger partial charge in [0, 0.05) is 38.3 Å². The van der Waals surface area contributed by atoms with Crippen LogP contribution in [0.4, 0.5) is 5.69 Å². The Morgan fingerprint density at radius 1 is 1.15 bits per heavy atom. The zero-order valence-corrected chi connectivity index (χ0v) is 15.1. The lowest BCUT2D eigenvalue weighted by molar-refractivity contribution is -0.117. The number of amides is 2. The van der Waals surface area contributed by atoms with Crippen LogP contribution in [0, 0.1) is 0 Å². The fourth-order valence-electron chi connectivity index (χ4n) is 3.02. The predicted octanol–water partition coefficient (Wildman–Crippen LogP) is 1.11. The number of fused-ring (bicyclic) bond motifs is 1. The summed E-state index contributed by atoms with van der Waals surface area (Å²) in [7, 11) is 3.37. The van der Waals surface area contributed by atoms with Gasteiger partial charge in [-0.25, -0.2) is 9.48 Å². The predicted molar refractivity (Wildman–Crippen MR) is 97.1 cm³/mol. The molecule has 0 saturated carbocycles. The number of carbonyl (C=O) groups excluding carboxylic acids is 2. The van der Waals surface area contributed by atoms with Crippen molar-refractivity contribution in [3.63, 3.8) is 0 Å². The summed E-state index contributed by atoms with van der Waals surface area (Å²) in [5.41, 5.74) is 0.880. The Bertz CT molecular complexity index is 864. The third-order valence-corrected chi connectivity index (χ3v) is 4.40. The van der Waals surface area contributed by atoms with Crippen molar-refractivity contribution in [1.29, 1.82) is 0 Å². The van der Waals surface area contributed by atoms with E-state index in [1.807, 2.05) is 0 Å². The third kappa shape index (κ3) is 3.84. The lowest BCUT2D eigenvalue weighted by Gasteiger charge is -2.11. The monoisotopic (exact) mass is 357 g/mol. The Morgan fingerprint density at radius 3 is 2.58 bits per heavy atom. The van der Waals surface area contributed by atoms with Gasteiger partial charge in [-0.3, -0.25) is 14.2 Å². The quantitative estimate of drug-likeness (QED) is 0.888. The molecule has 0 unspecified atom stereocenters. The first-order chi connectivity index (χ1) is 12.5. The minimum atomic E-state index is -0.327. The summed E-state index contributed by atoms with van der Waals surface area (Å²) in [6, 6.07) is 6.64. The number of hydrogen-bond acceptors (Lipinski definition) is 4. The standard InChI is InChI=1S/C18H23N5O3/c1-21(2)17(25)13-7-9-14(10-8-13)19-16(24)12-23-18(26)22-11-5-3-4-6-15(22)20-23/h7-10H,3-6,11-12H2,1-2H3,(H,19,24). The van der Waals surface area contributed by atoms with Crippen molar-refractivity contribution >= 4 is 17.5 Å². The maximum atomic E-state index is 12.4. The van der Waals surface area contributed by atoms with E-state index in [2.05, 4.69) is 10.4 Å². The molecule has 0 aliphatic carbocycles. The van der Waals surface area contributed by atoms with Crippen LogP contribution in [0.5, 0.6) is 0 Å². The van der Waals surface area contributed by atoms with Gasteiger partial charge in [0.25, 0.3) is 5.91 Å². The molecule has 26 heavy (non-hydrogen) atoms. The molecule has 2 aromatic rings. The molecule has 0 spiro atoms. The number of aromatic nitrogens is 3. The SMILES string of the molecule is CN(C)C(=O)c1ccc(NC(=O)Cn2nc3n(c2=O)CCCCC3)cc1. The van der Waals surface area contributed by atoms with Crippen molar-refractivity contribution in [1.82, 2.24) is 19.2 Å². The first-order valence-corrected chi connectivity index (χ1v) is 8.74. The van der Waals surface area contributed by atoms with E-state index >= 15 is 0 Å². The summed E-state index contributed by atoms with van der Waals surface area (Å²) >= 11 is 0. The summed E-state index contributed by atoms with van der Waals surface area (Å²) < 4.78 is 2.89. The van der Waals surface area contributed by atoms with Gasteiger partial charge in [0.2, 0.25) is 5.91 Å². The Balaban J connectivity index is 1.66. The van der Waals surface area contributed by atoms with Gasteiger partial charge < -0.3 is 10.2 Å². The zero-order valence-electron chi connectivity index (χ0n) is 15.1. The maximum absolute atomic E-state index is 12.4. The fourth-order valence-corrected chi connectivity index (χ4v) is 3.02. The highest BCUT2D eigenvalue weighted by Crippen LogP contribution is 2.12. The minimum absolute atomic E-state index is 0.103. The van der Waals surface area contributed by atoms with E-state index in [9.17, 15) is 14.4 Å². The molecule has 2 amide bonds. The molecule has 2 heterocycles. The van der Waals surface area contributed by atoms with E-state index in [1.54, 1.807) is 42.9 Å². The van der Waals surface area contributed by atoms with Gasteiger partial charge in [0.1, 0.15) is 12.4 Å². The van der Waals surface area contributed by atoms with Crippen molar-refractivity contribution < 1.29 is 9.59 Å². The average molecular weight is 357 g/mol. The molecule has 1 aliphatic rings. The second-order valence-corrected chi connectivity index (χ2v) is 6.64. The van der Waals surface area contributed by atoms with Crippen LogP contribution in [-0.4, -0.2) is 45.2 Å². The van der Waals surface area contributed by atoms with Crippen molar-refractivity contribution in [3.8, 4) is 0 Å². The van der Waals surface area contributed by atoms with Gasteiger partial charge >= 0.3 is 5.69 Å². The molecule has 3 rings (SSSR count). The van der Waals surface area contributed by atoms with Crippen LogP contribution in [0.15, 0.2) is 29.1 Å². The molecule has 0 fully saturated rings. The van der Waals surface area contributed by atoms with Gasteiger partial charge in [-0.2, -0.15) is 5.10 Å². The Hall–Kier alpha value is -2.90. The highest BCUT2D eigenvalue weighted by atomic mass is 16.2. The van der Waals surface area contributed by atoms with Gasteiger partial charge in [0.05, 0.1) is 0 Å². The van der Waals surface area contributed by atoms with E-state index in [-0.39, 0.29) is 24.0 Å². The number of hydrogen-bond donors (Lipinski definition) is 1. The number of aryl methyl sites for hydroxylation is 1. The number of anilines is 1. The molecule has 8 nitrogen and oxygen atoms in total. The van der Waals surface area contributed by atoms with Crippen LogP contribution < -0.4 is 11.0 Å². The topological polar surface area (TPSA) is 89.2 Å². The molecule has 1 aliphatic heterocycles. The summed E-state index contributed by atoms with van der Waals surface area (Å²) in [4.78, 5) is 38.0. The summed E-state index contributed by atoms with van der Waals surface area (Å²) in [6.07, 6.45) is 3.84. The summed E-state index contributed by atoms with van der Waals surface area (Å²) in [5.74, 6) is 0.327. The smallest absolute Gasteiger partial charge is 0.345 e. The molecule has 1 N–H and O–H groups in total. The largest absolute Gasteiger partial charge is 0.346 e. The van der Waals surface area contributed by atoms with E-state index in [0.717, 1.165) is 31.5 Å². The van der Waals surface area contributed by atoms with Crippen molar-refractivity contribution in [2.24, 2.45) is 0 Å². The summed E-state index contributed by atoms with van der Waals surface area (Å²) in [5, 5.41) is 7.04. The van der Waals surface area contributed by atoms with Crippen molar-refractivity contribution in [3.05, 3.63) is 46.1 Å². The van der Waals surface area contributed by atoms with Crippen molar-refractivity contribution in [2.45, 2.75) is 38.8 Å². The zero-order chi connectivity index (χ0) is 18.7. The molecule has 1 aromatic heterocycles. The highest BCUT2D eigenvalue weighted by Gasteiger charge is 2.17. The number of benzene rings is 1. The normalized spacial score (nSPS) is 13.6. The number of rotatable bonds is 4. The van der Waals surface area contributed by atoms with Crippen LogP contribution in [0.25, 0.3) is 0 Å². The minimum Gasteiger partial charge on any atom is -0.345 e. The molecule has 138 valence electrons. The second-order valence-electron chi connectivity index (χ2n) is 6.64. The van der Waals surface area contributed by atoms with E-state index in [1.165, 1.54) is 9.58 Å². The molecule has 0 bridgehead atoms. The number of carbonyl (C=O) groups is 2. The number of nitrogens with zero attached hydrogens (tertiary/aromatic N) is 4. The highest BCUT2D eigenvalue weighted by molar-refractivity contribution is 5.95. The molecule has 0 radical (unpaired) electrons. The molecular formula is C18H23N5O3. The summed E-state index contributed by atoms with van der Waals surface area (Å²) in [6.45, 7) is 0.536. The third-order valence-electron chi connectivity index (χ3n) is 4.40. The van der Waals surface area contributed by atoms with Crippen LogP contribution in [0.1, 0.15) is 35.4 Å². The molecule has 0 atom stereocenters. The van der Waals surface area contributed by atoms with E-state index < -0.39 is 0 Å². The fraction of sp³-hybridized carbons (Fsp3) is 0.444. The van der Waals surface area contributed by atoms with E-state index in [4.69, 9.17) is 0 Å². The van der Waals surface area contributed by atoms with Crippen LogP contribution in [0.3, 0.4) is 0 Å². The first-order valence-electron chi connectivity index (χ1n) is 8.74.